The van der Waals surface area contributed by atoms with Gasteiger partial charge in [-0.3, -0.25) is 0 Å². The fourth-order valence-corrected chi connectivity index (χ4v) is 4.74. The van der Waals surface area contributed by atoms with E-state index in [4.69, 9.17) is 0 Å². The van der Waals surface area contributed by atoms with E-state index in [1.807, 2.05) is 0 Å². The van der Waals surface area contributed by atoms with Crippen LogP contribution in [0.15, 0.2) is 12.2 Å². The molecule has 0 radical (unpaired) electrons. The Bertz CT molecular complexity index is 324. The second kappa shape index (κ2) is 2.67. The van der Waals surface area contributed by atoms with Crippen LogP contribution in [0.2, 0.25) is 0 Å². The van der Waals surface area contributed by atoms with Gasteiger partial charge in [0.1, 0.15) is 0 Å². The van der Waals surface area contributed by atoms with Gasteiger partial charge in [0.05, 0.1) is 11.7 Å². The Morgan fingerprint density at radius 3 is 2.87 bits per heavy atom. The normalized spacial score (nSPS) is 58.3. The third-order valence-electron chi connectivity index (χ3n) is 5.56. The molecule has 3 aliphatic carbocycles. The highest BCUT2D eigenvalue weighted by Gasteiger charge is 2.70. The third kappa shape index (κ3) is 0.853. The molecule has 3 rings (SSSR count). The smallest absolute Gasteiger partial charge is 0.0819 e. The topological polar surface area (TPSA) is 40.5 Å². The summed E-state index contributed by atoms with van der Waals surface area (Å²) in [5, 5.41) is 21.2. The molecule has 0 amide bonds. The fraction of sp³-hybridized carbons (Fsp3) is 0.846. The maximum atomic E-state index is 11.0. The van der Waals surface area contributed by atoms with E-state index in [1.165, 1.54) is 5.57 Å². The molecule has 3 aliphatic rings. The SMILES string of the molecule is C=C1CC[C@@]23CC[C@@H]1[C@]2(O)[C@H](C)C[C@H]3O. The van der Waals surface area contributed by atoms with Crippen LogP contribution in [-0.2, 0) is 0 Å². The monoisotopic (exact) mass is 208 g/mol. The summed E-state index contributed by atoms with van der Waals surface area (Å²) in [5.74, 6) is 0.468. The van der Waals surface area contributed by atoms with E-state index in [2.05, 4.69) is 13.5 Å². The minimum absolute atomic E-state index is 0.196. The van der Waals surface area contributed by atoms with Crippen LogP contribution >= 0.6 is 0 Å². The lowest BCUT2D eigenvalue weighted by atomic mass is 9.62. The van der Waals surface area contributed by atoms with Crippen molar-refractivity contribution >= 4 is 0 Å². The maximum absolute atomic E-state index is 11.0. The number of aliphatic hydroxyl groups is 2. The van der Waals surface area contributed by atoms with E-state index in [1.54, 1.807) is 0 Å². The van der Waals surface area contributed by atoms with Gasteiger partial charge in [-0.1, -0.05) is 19.1 Å². The predicted octanol–water partition coefficient (Wildman–Crippen LogP) is 1.86. The Hall–Kier alpha value is -0.340. The van der Waals surface area contributed by atoms with Gasteiger partial charge in [-0.05, 0) is 38.0 Å². The van der Waals surface area contributed by atoms with Crippen molar-refractivity contribution in [3.8, 4) is 0 Å². The molecule has 2 N–H and O–H groups in total. The first-order valence-electron chi connectivity index (χ1n) is 6.10. The van der Waals surface area contributed by atoms with Crippen molar-refractivity contribution in [3.63, 3.8) is 0 Å². The largest absolute Gasteiger partial charge is 0.392 e. The summed E-state index contributed by atoms with van der Waals surface area (Å²) in [5.41, 5.74) is 0.367. The van der Waals surface area contributed by atoms with Gasteiger partial charge in [0.2, 0.25) is 0 Å². The van der Waals surface area contributed by atoms with E-state index >= 15 is 0 Å². The Balaban J connectivity index is 2.14. The summed E-state index contributed by atoms with van der Waals surface area (Å²) in [6, 6.07) is 0. The van der Waals surface area contributed by atoms with Crippen LogP contribution in [0.3, 0.4) is 0 Å². The quantitative estimate of drug-likeness (QED) is 0.597. The summed E-state index contributed by atoms with van der Waals surface area (Å²) in [6.07, 6.45) is 4.41. The highest BCUT2D eigenvalue weighted by atomic mass is 16.3. The summed E-state index contributed by atoms with van der Waals surface area (Å²) >= 11 is 0. The van der Waals surface area contributed by atoms with Crippen molar-refractivity contribution in [1.29, 1.82) is 0 Å². The van der Waals surface area contributed by atoms with E-state index in [0.29, 0.717) is 0 Å². The maximum Gasteiger partial charge on any atom is 0.0819 e. The Kier molecular flexibility index (Phi) is 1.75. The Labute approximate surface area is 91.0 Å². The molecule has 0 unspecified atom stereocenters. The average molecular weight is 208 g/mol. The highest BCUT2D eigenvalue weighted by molar-refractivity contribution is 5.29. The van der Waals surface area contributed by atoms with Gasteiger partial charge in [0, 0.05) is 11.3 Å². The van der Waals surface area contributed by atoms with Gasteiger partial charge in [0.15, 0.2) is 0 Å². The molecule has 5 atom stereocenters. The number of hydrogen-bond acceptors (Lipinski definition) is 2. The molecule has 3 saturated carbocycles. The lowest BCUT2D eigenvalue weighted by Crippen LogP contribution is -2.53. The Morgan fingerprint density at radius 2 is 2.13 bits per heavy atom. The standard InChI is InChI=1S/C13H20O2/c1-8-3-5-12-6-4-10(8)13(12,15)9(2)7-11(12)14/h9-11,14-15H,1,3-7H2,2H3/t9-,10+,11-,12+,13-/m1/s1. The van der Waals surface area contributed by atoms with Gasteiger partial charge < -0.3 is 10.2 Å². The van der Waals surface area contributed by atoms with E-state index in [9.17, 15) is 10.2 Å². The minimum atomic E-state index is -0.651. The van der Waals surface area contributed by atoms with Crippen LogP contribution in [0.4, 0.5) is 0 Å². The molecular weight excluding hydrogens is 188 g/mol. The van der Waals surface area contributed by atoms with E-state index < -0.39 is 5.60 Å². The number of rotatable bonds is 0. The first-order valence-corrected chi connectivity index (χ1v) is 6.10. The first kappa shape index (κ1) is 9.86. The predicted molar refractivity (Wildman–Crippen MR) is 58.3 cm³/mol. The number of aliphatic hydroxyl groups excluding tert-OH is 1. The molecule has 0 aromatic rings. The zero-order valence-corrected chi connectivity index (χ0v) is 9.37. The molecule has 3 fully saturated rings. The van der Waals surface area contributed by atoms with Gasteiger partial charge in [-0.15, -0.1) is 0 Å². The Morgan fingerprint density at radius 1 is 1.40 bits per heavy atom. The molecular formula is C13H20O2. The molecule has 0 aromatic heterocycles. The summed E-state index contributed by atoms with van der Waals surface area (Å²) < 4.78 is 0. The molecule has 2 heteroatoms. The van der Waals surface area contributed by atoms with E-state index in [-0.39, 0.29) is 23.4 Å². The molecule has 15 heavy (non-hydrogen) atoms. The van der Waals surface area contributed by atoms with Crippen LogP contribution in [-0.4, -0.2) is 21.9 Å². The van der Waals surface area contributed by atoms with Gasteiger partial charge in [-0.2, -0.15) is 0 Å². The summed E-state index contributed by atoms with van der Waals surface area (Å²) in [7, 11) is 0. The zero-order chi connectivity index (χ0) is 10.8. The average Bonchev–Trinajstić information content (AvgIpc) is 2.48. The second-order valence-electron chi connectivity index (χ2n) is 5.88. The van der Waals surface area contributed by atoms with Crippen molar-refractivity contribution < 1.29 is 10.2 Å². The van der Waals surface area contributed by atoms with Crippen LogP contribution in [0.25, 0.3) is 0 Å². The molecule has 84 valence electrons. The van der Waals surface area contributed by atoms with Crippen LogP contribution in [0.5, 0.6) is 0 Å². The first-order chi connectivity index (χ1) is 7.02. The van der Waals surface area contributed by atoms with Crippen molar-refractivity contribution in [2.24, 2.45) is 17.3 Å². The number of hydrogen-bond donors (Lipinski definition) is 2. The van der Waals surface area contributed by atoms with Crippen molar-refractivity contribution in [3.05, 3.63) is 12.2 Å². The highest BCUT2D eigenvalue weighted by Crippen LogP contribution is 2.68. The van der Waals surface area contributed by atoms with Gasteiger partial charge in [0.25, 0.3) is 0 Å². The molecule has 0 aliphatic heterocycles. The van der Waals surface area contributed by atoms with Crippen molar-refractivity contribution in [2.45, 2.75) is 50.7 Å². The van der Waals surface area contributed by atoms with Gasteiger partial charge in [-0.25, -0.2) is 0 Å². The van der Waals surface area contributed by atoms with Crippen molar-refractivity contribution in [1.82, 2.24) is 0 Å². The van der Waals surface area contributed by atoms with Crippen LogP contribution in [0.1, 0.15) is 39.0 Å². The van der Waals surface area contributed by atoms with Crippen LogP contribution in [0, 0.1) is 17.3 Å². The third-order valence-corrected chi connectivity index (χ3v) is 5.56. The molecule has 0 saturated heterocycles. The zero-order valence-electron chi connectivity index (χ0n) is 9.37. The molecule has 0 heterocycles. The van der Waals surface area contributed by atoms with E-state index in [0.717, 1.165) is 32.1 Å². The molecule has 2 bridgehead atoms. The lowest BCUT2D eigenvalue weighted by Gasteiger charge is -2.48. The summed E-state index contributed by atoms with van der Waals surface area (Å²) in [4.78, 5) is 0. The molecule has 2 nitrogen and oxygen atoms in total. The van der Waals surface area contributed by atoms with Gasteiger partial charge >= 0.3 is 0 Å². The molecule has 0 spiro atoms. The lowest BCUT2D eigenvalue weighted by molar-refractivity contribution is -0.128. The second-order valence-corrected chi connectivity index (χ2v) is 5.88. The van der Waals surface area contributed by atoms with Crippen LogP contribution < -0.4 is 0 Å². The molecule has 0 aromatic carbocycles. The van der Waals surface area contributed by atoms with Crippen molar-refractivity contribution in [2.75, 3.05) is 0 Å². The fourth-order valence-electron chi connectivity index (χ4n) is 4.74. The minimum Gasteiger partial charge on any atom is -0.392 e. The summed E-state index contributed by atoms with van der Waals surface area (Å²) in [6.45, 7) is 6.20.